The van der Waals surface area contributed by atoms with Gasteiger partial charge in [0.1, 0.15) is 67.1 Å². The molecule has 8 aliphatic rings. The molecular formula is C61H90O23. The zero-order valence-electron chi connectivity index (χ0n) is 49.3. The summed E-state index contributed by atoms with van der Waals surface area (Å²) in [5, 5.41) is 134. The van der Waals surface area contributed by atoms with Gasteiger partial charge in [-0.15, -0.1) is 0 Å². The molecule has 84 heavy (non-hydrogen) atoms. The number of carboxylic acid groups (broad SMARTS) is 1. The number of allylic oxidation sites excluding steroid dienone is 1. The van der Waals surface area contributed by atoms with Gasteiger partial charge in [-0.05, 0) is 90.6 Å². The molecule has 23 heteroatoms. The fourth-order valence-electron chi connectivity index (χ4n) is 16.9. The van der Waals surface area contributed by atoms with Crippen molar-refractivity contribution >= 4 is 24.0 Å². The fraction of sp³-hybridized carbons (Fsp3) is 0.787. The van der Waals surface area contributed by atoms with E-state index in [9.17, 15) is 75.7 Å². The van der Waals surface area contributed by atoms with Crippen LogP contribution in [0.4, 0.5) is 0 Å². The summed E-state index contributed by atoms with van der Waals surface area (Å²) in [6, 6.07) is 9.17. The minimum Gasteiger partial charge on any atom is -0.479 e. The van der Waals surface area contributed by atoms with E-state index < -0.39 is 199 Å². The normalized spacial score (nSPS) is 47.3. The van der Waals surface area contributed by atoms with Crippen molar-refractivity contribution in [2.45, 2.75) is 224 Å². The van der Waals surface area contributed by atoms with Crippen molar-refractivity contribution in [2.24, 2.45) is 56.2 Å². The summed E-state index contributed by atoms with van der Waals surface area (Å²) in [5.74, 6) is -4.51. The molecule has 23 nitrogen and oxygen atoms in total. The van der Waals surface area contributed by atoms with E-state index in [-0.39, 0.29) is 18.3 Å². The number of carboxylic acids is 1. The van der Waals surface area contributed by atoms with E-state index in [0.29, 0.717) is 38.5 Å². The molecule has 12 N–H and O–H groups in total. The largest absolute Gasteiger partial charge is 0.479 e. The van der Waals surface area contributed by atoms with Gasteiger partial charge in [0.2, 0.25) is 0 Å². The monoisotopic (exact) mass is 1190 g/mol. The summed E-state index contributed by atoms with van der Waals surface area (Å²) in [6.45, 7) is 15.5. The number of hydrogen-bond donors (Lipinski definition) is 12. The van der Waals surface area contributed by atoms with Gasteiger partial charge >= 0.3 is 17.9 Å². The molecule has 27 unspecified atom stereocenters. The first kappa shape index (κ1) is 64.9. The maximum Gasteiger partial charge on any atom is 0.335 e. The van der Waals surface area contributed by atoms with Gasteiger partial charge in [-0.1, -0.05) is 104 Å². The van der Waals surface area contributed by atoms with E-state index in [1.807, 2.05) is 71.9 Å². The number of benzene rings is 1. The average molecular weight is 1190 g/mol. The smallest absolute Gasteiger partial charge is 0.335 e. The third-order valence-electron chi connectivity index (χ3n) is 22.1. The first-order chi connectivity index (χ1) is 39.4. The van der Waals surface area contributed by atoms with Crippen LogP contribution in [0.2, 0.25) is 0 Å². The Balaban J connectivity index is 1.02. The highest BCUT2D eigenvalue weighted by Gasteiger charge is 2.76. The number of fused-ring (bicyclic) bond motifs is 7. The summed E-state index contributed by atoms with van der Waals surface area (Å²) < 4.78 is 48.8. The van der Waals surface area contributed by atoms with Crippen molar-refractivity contribution in [2.75, 3.05) is 19.8 Å². The summed E-state index contributed by atoms with van der Waals surface area (Å²) in [4.78, 5) is 40.9. The Morgan fingerprint density at radius 2 is 1.30 bits per heavy atom. The predicted octanol–water partition coefficient (Wildman–Crippen LogP) is 1.09. The maximum atomic E-state index is 14.0. The first-order valence-electron chi connectivity index (χ1n) is 29.7. The topological polar surface area (TPSA) is 368 Å². The summed E-state index contributed by atoms with van der Waals surface area (Å²) in [5.41, 5.74) is -4.21. The Morgan fingerprint density at radius 1 is 0.690 bits per heavy atom. The van der Waals surface area contributed by atoms with Gasteiger partial charge < -0.3 is 99.2 Å². The zero-order valence-corrected chi connectivity index (χ0v) is 49.3. The van der Waals surface area contributed by atoms with Crippen LogP contribution in [0.15, 0.2) is 48.1 Å². The van der Waals surface area contributed by atoms with Crippen LogP contribution < -0.4 is 0 Å². The SMILES string of the molecule is CCC(C)C(=O)OC1C(OC(=O)C=Cc2ccccc2)C(C)(C)CC2C3=CCC4C5(C)CCC(OC6OC(C(=O)O)C(OC7OC(CO)C(O)C7O)C(O)C6OC6OC(CO)C(O)C(O)C6O)C(C)(C)C5CCC4(C)C3(C)C(O)C(O)C21CO. The van der Waals surface area contributed by atoms with E-state index >= 15 is 0 Å². The molecule has 0 aromatic heterocycles. The zero-order chi connectivity index (χ0) is 61.6. The fourth-order valence-corrected chi connectivity index (χ4v) is 16.9. The number of hydrogen-bond acceptors (Lipinski definition) is 22. The molecule has 472 valence electrons. The van der Waals surface area contributed by atoms with E-state index in [1.165, 1.54) is 6.08 Å². The van der Waals surface area contributed by atoms with E-state index in [4.69, 9.17) is 37.9 Å². The molecule has 1 aromatic carbocycles. The quantitative estimate of drug-likeness (QED) is 0.0477. The second kappa shape index (κ2) is 24.1. The van der Waals surface area contributed by atoms with Gasteiger partial charge in [0.25, 0.3) is 0 Å². The molecule has 4 saturated carbocycles. The third-order valence-corrected chi connectivity index (χ3v) is 22.1. The molecule has 0 amide bonds. The Labute approximate surface area is 489 Å². The van der Waals surface area contributed by atoms with Crippen LogP contribution >= 0.6 is 0 Å². The van der Waals surface area contributed by atoms with Crippen LogP contribution in [0.3, 0.4) is 0 Å². The molecule has 0 spiro atoms. The molecule has 1 aromatic rings. The van der Waals surface area contributed by atoms with Gasteiger partial charge in [-0.3, -0.25) is 4.79 Å². The number of aliphatic hydroxyl groups excluding tert-OH is 11. The number of aliphatic carboxylic acids is 1. The van der Waals surface area contributed by atoms with Crippen LogP contribution in [0.25, 0.3) is 6.08 Å². The number of esters is 2. The summed E-state index contributed by atoms with van der Waals surface area (Å²) in [7, 11) is 0. The van der Waals surface area contributed by atoms with Crippen LogP contribution in [-0.4, -0.2) is 216 Å². The molecule has 0 bridgehead atoms. The molecular weight excluding hydrogens is 1100 g/mol. The second-order valence-corrected chi connectivity index (χ2v) is 27.2. The lowest BCUT2D eigenvalue weighted by Crippen LogP contribution is -2.76. The van der Waals surface area contributed by atoms with Crippen molar-refractivity contribution in [1.82, 2.24) is 0 Å². The Bertz CT molecular complexity index is 2580. The molecule has 7 fully saturated rings. The highest BCUT2D eigenvalue weighted by molar-refractivity contribution is 5.87. The molecule has 3 saturated heterocycles. The molecule has 5 aliphatic carbocycles. The van der Waals surface area contributed by atoms with Crippen molar-refractivity contribution in [3.63, 3.8) is 0 Å². The van der Waals surface area contributed by atoms with Gasteiger partial charge in [0, 0.05) is 16.9 Å². The lowest BCUT2D eigenvalue weighted by molar-refractivity contribution is -0.383. The number of rotatable bonds is 16. The average Bonchev–Trinajstić information content (AvgIpc) is 0.786. The molecule has 27 atom stereocenters. The van der Waals surface area contributed by atoms with E-state index in [2.05, 4.69) is 19.9 Å². The van der Waals surface area contributed by atoms with Gasteiger partial charge in [0.05, 0.1) is 49.5 Å². The van der Waals surface area contributed by atoms with Crippen LogP contribution in [0.1, 0.15) is 113 Å². The number of ether oxygens (including phenoxy) is 8. The summed E-state index contributed by atoms with van der Waals surface area (Å²) >= 11 is 0. The lowest BCUT2D eigenvalue weighted by atomic mass is 9.32. The minimum atomic E-state index is -2.07. The molecule has 3 heterocycles. The Morgan fingerprint density at radius 3 is 1.89 bits per heavy atom. The number of aliphatic hydroxyl groups is 11. The second-order valence-electron chi connectivity index (χ2n) is 27.2. The highest BCUT2D eigenvalue weighted by Crippen LogP contribution is 2.76. The molecule has 3 aliphatic heterocycles. The number of carbonyl (C=O) groups is 3. The van der Waals surface area contributed by atoms with Crippen molar-refractivity contribution in [3.8, 4) is 0 Å². The predicted molar refractivity (Wildman–Crippen MR) is 293 cm³/mol. The first-order valence-corrected chi connectivity index (χ1v) is 29.7. The third kappa shape index (κ3) is 10.5. The Hall–Kier alpha value is -3.57. The van der Waals surface area contributed by atoms with E-state index in [1.54, 1.807) is 13.0 Å². The van der Waals surface area contributed by atoms with Gasteiger partial charge in [-0.2, -0.15) is 0 Å². The van der Waals surface area contributed by atoms with Gasteiger partial charge in [0.15, 0.2) is 31.1 Å². The standard InChI is InChI=1S/C61H90O23/c1-10-28(2)52(76)84-50-49(80-37(65)19-16-29-14-12-11-13-15-29)56(3,4)24-31-30-17-18-35-58(7)22-21-36(57(5,6)34(58)20-23-59(35,8)60(30,9)47(72)48(73)61(31,50)27-64)79-55-45(82-54-42(70)40(68)38(66)32(25-62)77-54)43(71)44(46(83-55)51(74)75)81-53-41(69)39(67)33(26-63)78-53/h11-17,19,28,31-36,38-50,53-55,62-64,66-73H,10,18,20-27H2,1-9H3,(H,74,75). The Kier molecular flexibility index (Phi) is 18.6. The van der Waals surface area contributed by atoms with Crippen LogP contribution in [0.5, 0.6) is 0 Å². The number of carbonyl (C=O) groups excluding carboxylic acids is 2. The minimum absolute atomic E-state index is 0.150. The van der Waals surface area contributed by atoms with Crippen LogP contribution in [0, 0.1) is 56.2 Å². The van der Waals surface area contributed by atoms with E-state index in [0.717, 1.165) is 11.1 Å². The van der Waals surface area contributed by atoms with Crippen LogP contribution in [-0.2, 0) is 52.3 Å². The van der Waals surface area contributed by atoms with Gasteiger partial charge in [-0.25, -0.2) is 9.59 Å². The molecule has 9 rings (SSSR count). The molecule has 0 radical (unpaired) electrons. The highest BCUT2D eigenvalue weighted by atomic mass is 16.8. The lowest BCUT2D eigenvalue weighted by Gasteiger charge is -2.73. The maximum absolute atomic E-state index is 14.0. The van der Waals surface area contributed by atoms with Crippen molar-refractivity contribution in [1.29, 1.82) is 0 Å². The van der Waals surface area contributed by atoms with Crippen molar-refractivity contribution in [3.05, 3.63) is 53.6 Å². The van der Waals surface area contributed by atoms with Crippen molar-refractivity contribution < 1.29 is 114 Å². The summed E-state index contributed by atoms with van der Waals surface area (Å²) in [6.07, 6.45) is -23.7.